The van der Waals surface area contributed by atoms with Gasteiger partial charge in [0, 0.05) is 9.75 Å². The van der Waals surface area contributed by atoms with Gasteiger partial charge in [0.05, 0.1) is 18.6 Å². The maximum atomic E-state index is 12.1. The van der Waals surface area contributed by atoms with Crippen LogP contribution in [0.3, 0.4) is 0 Å². The lowest BCUT2D eigenvalue weighted by Gasteiger charge is -2.25. The summed E-state index contributed by atoms with van der Waals surface area (Å²) in [7, 11) is 1.30. The first-order valence-electron chi connectivity index (χ1n) is 6.48. The summed E-state index contributed by atoms with van der Waals surface area (Å²) in [5.74, 6) is -0.625. The molecule has 0 amide bonds. The lowest BCUT2D eigenvalue weighted by atomic mass is 9.87. The maximum absolute atomic E-state index is 12.1. The lowest BCUT2D eigenvalue weighted by Crippen LogP contribution is -2.24. The average molecular weight is 304 g/mol. The SMILES string of the molecule is CCc1ccc(C2C(C#N)=C(N)OC(C)=C2C(=O)OC)s1. The van der Waals surface area contributed by atoms with Crippen molar-refractivity contribution in [3.63, 3.8) is 0 Å². The van der Waals surface area contributed by atoms with E-state index in [0.29, 0.717) is 11.3 Å². The fourth-order valence-electron chi connectivity index (χ4n) is 2.28. The van der Waals surface area contributed by atoms with Gasteiger partial charge in [-0.05, 0) is 25.5 Å². The van der Waals surface area contributed by atoms with Crippen molar-refractivity contribution in [2.45, 2.75) is 26.2 Å². The minimum atomic E-state index is -0.526. The van der Waals surface area contributed by atoms with Crippen molar-refractivity contribution >= 4 is 17.3 Å². The second-order valence-electron chi connectivity index (χ2n) is 4.54. The smallest absolute Gasteiger partial charge is 0.338 e. The van der Waals surface area contributed by atoms with Crippen LogP contribution in [0.4, 0.5) is 0 Å². The zero-order valence-corrected chi connectivity index (χ0v) is 12.9. The Morgan fingerprint density at radius 2 is 2.29 bits per heavy atom. The number of hydrogen-bond donors (Lipinski definition) is 1. The zero-order valence-electron chi connectivity index (χ0n) is 12.1. The fourth-order valence-corrected chi connectivity index (χ4v) is 3.35. The van der Waals surface area contributed by atoms with E-state index in [2.05, 4.69) is 13.0 Å². The third kappa shape index (κ3) is 2.65. The number of methoxy groups -OCH3 is 1. The molecule has 1 aromatic heterocycles. The minimum Gasteiger partial charge on any atom is -0.466 e. The number of carbonyl (C=O) groups excluding carboxylic acids is 1. The normalized spacial score (nSPS) is 18.3. The Balaban J connectivity index is 2.60. The number of nitriles is 1. The van der Waals surface area contributed by atoms with Crippen LogP contribution < -0.4 is 5.73 Å². The molecule has 0 aromatic carbocycles. The molecule has 5 nitrogen and oxygen atoms in total. The predicted octanol–water partition coefficient (Wildman–Crippen LogP) is 2.57. The van der Waals surface area contributed by atoms with Gasteiger partial charge >= 0.3 is 5.97 Å². The molecule has 0 spiro atoms. The largest absolute Gasteiger partial charge is 0.466 e. The number of aryl methyl sites for hydroxylation is 1. The molecule has 2 N–H and O–H groups in total. The summed E-state index contributed by atoms with van der Waals surface area (Å²) in [6.45, 7) is 3.70. The Bertz CT molecular complexity index is 679. The van der Waals surface area contributed by atoms with Gasteiger partial charge in [0.25, 0.3) is 0 Å². The molecule has 1 aromatic rings. The van der Waals surface area contributed by atoms with Gasteiger partial charge in [-0.15, -0.1) is 11.3 Å². The molecule has 0 aliphatic carbocycles. The third-order valence-corrected chi connectivity index (χ3v) is 4.62. The molecule has 1 atom stereocenters. The van der Waals surface area contributed by atoms with Crippen LogP contribution in [0.5, 0.6) is 0 Å². The monoisotopic (exact) mass is 304 g/mol. The summed E-state index contributed by atoms with van der Waals surface area (Å²) in [6.07, 6.45) is 0.894. The molecule has 1 aliphatic heterocycles. The van der Waals surface area contributed by atoms with E-state index in [9.17, 15) is 10.1 Å². The molecular formula is C15H16N2O3S. The quantitative estimate of drug-likeness (QED) is 0.867. The zero-order chi connectivity index (χ0) is 15.6. The van der Waals surface area contributed by atoms with Crippen molar-refractivity contribution in [1.29, 1.82) is 5.26 Å². The van der Waals surface area contributed by atoms with Gasteiger partial charge in [0.1, 0.15) is 17.4 Å². The van der Waals surface area contributed by atoms with Gasteiger partial charge in [-0.1, -0.05) is 6.92 Å². The van der Waals surface area contributed by atoms with E-state index in [1.165, 1.54) is 12.0 Å². The summed E-state index contributed by atoms with van der Waals surface area (Å²) < 4.78 is 10.2. The van der Waals surface area contributed by atoms with E-state index in [1.54, 1.807) is 18.3 Å². The second kappa shape index (κ2) is 6.02. The summed E-state index contributed by atoms with van der Waals surface area (Å²) in [5, 5.41) is 9.38. The van der Waals surface area contributed by atoms with Crippen LogP contribution in [-0.4, -0.2) is 13.1 Å². The molecule has 1 unspecified atom stereocenters. The molecule has 0 bridgehead atoms. The molecule has 2 heterocycles. The van der Waals surface area contributed by atoms with Crippen molar-refractivity contribution in [1.82, 2.24) is 0 Å². The molecule has 0 saturated carbocycles. The van der Waals surface area contributed by atoms with E-state index in [0.717, 1.165) is 11.3 Å². The first-order chi connectivity index (χ1) is 10.0. The highest BCUT2D eigenvalue weighted by molar-refractivity contribution is 7.12. The molecule has 0 saturated heterocycles. The first-order valence-corrected chi connectivity index (χ1v) is 7.30. The first kappa shape index (κ1) is 15.1. The van der Waals surface area contributed by atoms with Crippen molar-refractivity contribution in [3.05, 3.63) is 44.7 Å². The summed E-state index contributed by atoms with van der Waals surface area (Å²) in [5.41, 5.74) is 6.37. The number of nitrogens with zero attached hydrogens (tertiary/aromatic N) is 1. The number of allylic oxidation sites excluding steroid dienone is 2. The highest BCUT2D eigenvalue weighted by Gasteiger charge is 2.36. The molecule has 21 heavy (non-hydrogen) atoms. The lowest BCUT2D eigenvalue weighted by molar-refractivity contribution is -0.136. The highest BCUT2D eigenvalue weighted by Crippen LogP contribution is 2.42. The van der Waals surface area contributed by atoms with Gasteiger partial charge in [0.2, 0.25) is 5.88 Å². The molecular weight excluding hydrogens is 288 g/mol. The number of carbonyl (C=O) groups is 1. The highest BCUT2D eigenvalue weighted by atomic mass is 32.1. The molecule has 0 radical (unpaired) electrons. The molecule has 1 aliphatic rings. The van der Waals surface area contributed by atoms with Crippen LogP contribution in [0.2, 0.25) is 0 Å². The van der Waals surface area contributed by atoms with E-state index in [-0.39, 0.29) is 11.5 Å². The van der Waals surface area contributed by atoms with Gasteiger partial charge in [0.15, 0.2) is 0 Å². The Labute approximate surface area is 127 Å². The summed E-state index contributed by atoms with van der Waals surface area (Å²) in [6, 6.07) is 5.96. The number of nitrogens with two attached hydrogens (primary N) is 1. The van der Waals surface area contributed by atoms with Crippen LogP contribution in [0.1, 0.15) is 29.5 Å². The minimum absolute atomic E-state index is 0.0408. The molecule has 110 valence electrons. The number of rotatable bonds is 3. The van der Waals surface area contributed by atoms with Gasteiger partial charge < -0.3 is 15.2 Å². The van der Waals surface area contributed by atoms with E-state index < -0.39 is 11.9 Å². The topological polar surface area (TPSA) is 85.3 Å². The van der Waals surface area contributed by atoms with Crippen LogP contribution >= 0.6 is 11.3 Å². The van der Waals surface area contributed by atoms with Crippen molar-refractivity contribution < 1.29 is 14.3 Å². The van der Waals surface area contributed by atoms with Crippen molar-refractivity contribution in [2.24, 2.45) is 5.73 Å². The van der Waals surface area contributed by atoms with E-state index in [4.69, 9.17) is 15.2 Å². The average Bonchev–Trinajstić information content (AvgIpc) is 2.94. The van der Waals surface area contributed by atoms with Crippen molar-refractivity contribution in [3.8, 4) is 6.07 Å². The summed E-state index contributed by atoms with van der Waals surface area (Å²) >= 11 is 1.56. The van der Waals surface area contributed by atoms with Gasteiger partial charge in [-0.3, -0.25) is 0 Å². The Morgan fingerprint density at radius 1 is 1.57 bits per heavy atom. The van der Waals surface area contributed by atoms with E-state index >= 15 is 0 Å². The van der Waals surface area contributed by atoms with Crippen LogP contribution in [-0.2, 0) is 20.7 Å². The Morgan fingerprint density at radius 3 is 2.81 bits per heavy atom. The number of hydrogen-bond acceptors (Lipinski definition) is 6. The van der Waals surface area contributed by atoms with Crippen molar-refractivity contribution in [2.75, 3.05) is 7.11 Å². The van der Waals surface area contributed by atoms with Gasteiger partial charge in [-0.25, -0.2) is 4.79 Å². The van der Waals surface area contributed by atoms with Crippen LogP contribution in [0.15, 0.2) is 34.9 Å². The molecule has 2 rings (SSSR count). The molecule has 0 fully saturated rings. The second-order valence-corrected chi connectivity index (χ2v) is 5.74. The van der Waals surface area contributed by atoms with Gasteiger partial charge in [-0.2, -0.15) is 5.26 Å². The Kier molecular flexibility index (Phi) is 4.34. The summed E-state index contributed by atoms with van der Waals surface area (Å²) in [4.78, 5) is 14.1. The predicted molar refractivity (Wildman–Crippen MR) is 79.1 cm³/mol. The third-order valence-electron chi connectivity index (χ3n) is 3.33. The number of esters is 1. The number of ether oxygens (including phenoxy) is 2. The van der Waals surface area contributed by atoms with Crippen LogP contribution in [0.25, 0.3) is 0 Å². The molecule has 6 heteroatoms. The Hall–Kier alpha value is -2.26. The maximum Gasteiger partial charge on any atom is 0.338 e. The van der Waals surface area contributed by atoms with Crippen LogP contribution in [0, 0.1) is 11.3 Å². The van der Waals surface area contributed by atoms with E-state index in [1.807, 2.05) is 12.1 Å². The fraction of sp³-hybridized carbons (Fsp3) is 0.333. The standard InChI is InChI=1S/C15H16N2O3S/c1-4-9-5-6-11(21-9)13-10(7-16)14(17)20-8(2)12(13)15(18)19-3/h5-6,13H,4,17H2,1-3H3. The number of thiophene rings is 1.